The molecule has 0 unspecified atom stereocenters. The first-order valence-electron chi connectivity index (χ1n) is 10.7. The minimum atomic E-state index is -2.62. The van der Waals surface area contributed by atoms with Crippen LogP contribution in [-0.2, 0) is 18.6 Å². The summed E-state index contributed by atoms with van der Waals surface area (Å²) in [6.07, 6.45) is 3.96. The van der Waals surface area contributed by atoms with Crippen molar-refractivity contribution in [1.29, 1.82) is 0 Å². The third-order valence-corrected chi connectivity index (χ3v) is 11.3. The van der Waals surface area contributed by atoms with Crippen molar-refractivity contribution >= 4 is 18.7 Å². The third kappa shape index (κ3) is 3.59. The Morgan fingerprint density at radius 2 is 1.47 bits per heavy atom. The third-order valence-electron chi connectivity index (χ3n) is 6.34. The molecular weight excluding hydrogens is 392 g/mol. The second-order valence-electron chi connectivity index (χ2n) is 9.06. The smallest absolute Gasteiger partial charge is 0.261 e. The Morgan fingerprint density at radius 3 is 1.93 bits per heavy atom. The van der Waals surface area contributed by atoms with E-state index in [-0.39, 0.29) is 17.1 Å². The monoisotopic (exact) mass is 424 g/mol. The van der Waals surface area contributed by atoms with Gasteiger partial charge in [0, 0.05) is 13.7 Å². The molecule has 5 heteroatoms. The molecule has 0 saturated carbocycles. The van der Waals surface area contributed by atoms with E-state index >= 15 is 0 Å². The minimum Gasteiger partial charge on any atom is -0.407 e. The van der Waals surface area contributed by atoms with E-state index in [0.29, 0.717) is 19.8 Å². The predicted octanol–water partition coefficient (Wildman–Crippen LogP) is 3.51. The zero-order chi connectivity index (χ0) is 21.2. The zero-order valence-electron chi connectivity index (χ0n) is 18.3. The van der Waals surface area contributed by atoms with E-state index in [4.69, 9.17) is 18.6 Å². The second kappa shape index (κ2) is 8.40. The summed E-state index contributed by atoms with van der Waals surface area (Å²) in [6.45, 7) is 8.56. The van der Waals surface area contributed by atoms with Gasteiger partial charge in [0.1, 0.15) is 0 Å². The first-order valence-corrected chi connectivity index (χ1v) is 12.6. The van der Waals surface area contributed by atoms with Crippen LogP contribution in [0.3, 0.4) is 0 Å². The molecule has 2 atom stereocenters. The minimum absolute atomic E-state index is 0.0494. The van der Waals surface area contributed by atoms with Crippen LogP contribution in [-0.4, -0.2) is 47.1 Å². The van der Waals surface area contributed by atoms with Crippen LogP contribution >= 0.6 is 0 Å². The molecule has 1 spiro atoms. The van der Waals surface area contributed by atoms with Gasteiger partial charge < -0.3 is 18.6 Å². The van der Waals surface area contributed by atoms with Gasteiger partial charge in [0.2, 0.25) is 0 Å². The highest BCUT2D eigenvalue weighted by Gasteiger charge is 2.54. The molecule has 30 heavy (non-hydrogen) atoms. The lowest BCUT2D eigenvalue weighted by atomic mass is 10.0. The Bertz CT molecular complexity index is 814. The van der Waals surface area contributed by atoms with Crippen LogP contribution in [0.1, 0.15) is 20.8 Å². The normalized spacial score (nSPS) is 23.3. The number of rotatable bonds is 6. The Kier molecular flexibility index (Phi) is 6.01. The van der Waals surface area contributed by atoms with Gasteiger partial charge in [-0.15, -0.1) is 0 Å². The Morgan fingerprint density at radius 1 is 0.933 bits per heavy atom. The molecule has 1 fully saturated rings. The van der Waals surface area contributed by atoms with E-state index in [9.17, 15) is 0 Å². The molecule has 4 nitrogen and oxygen atoms in total. The largest absolute Gasteiger partial charge is 0.407 e. The molecule has 1 saturated heterocycles. The van der Waals surface area contributed by atoms with Crippen LogP contribution < -0.4 is 10.4 Å². The van der Waals surface area contributed by atoms with Crippen molar-refractivity contribution in [3.8, 4) is 0 Å². The highest BCUT2D eigenvalue weighted by Crippen LogP contribution is 2.42. The molecule has 0 bridgehead atoms. The molecule has 0 radical (unpaired) electrons. The maximum absolute atomic E-state index is 7.13. The van der Waals surface area contributed by atoms with Gasteiger partial charge in [0.25, 0.3) is 8.32 Å². The average molecular weight is 425 g/mol. The quantitative estimate of drug-likeness (QED) is 0.525. The lowest BCUT2D eigenvalue weighted by Gasteiger charge is -2.44. The summed E-state index contributed by atoms with van der Waals surface area (Å²) < 4.78 is 25.0. The van der Waals surface area contributed by atoms with E-state index in [0.717, 1.165) is 0 Å². The number of benzene rings is 2. The van der Waals surface area contributed by atoms with Gasteiger partial charge in [-0.2, -0.15) is 0 Å². The van der Waals surface area contributed by atoms with Gasteiger partial charge in [-0.25, -0.2) is 0 Å². The average Bonchev–Trinajstić information content (AvgIpc) is 3.37. The summed E-state index contributed by atoms with van der Waals surface area (Å²) in [6, 6.07) is 21.4. The first-order chi connectivity index (χ1) is 14.4. The van der Waals surface area contributed by atoms with Crippen molar-refractivity contribution in [1.82, 2.24) is 0 Å². The van der Waals surface area contributed by atoms with E-state index in [1.54, 1.807) is 7.11 Å². The summed E-state index contributed by atoms with van der Waals surface area (Å²) in [4.78, 5) is 0. The van der Waals surface area contributed by atoms with E-state index < -0.39 is 14.1 Å². The van der Waals surface area contributed by atoms with Crippen molar-refractivity contribution in [2.45, 2.75) is 37.7 Å². The number of hydrogen-bond donors (Lipinski definition) is 0. The highest BCUT2D eigenvalue weighted by atomic mass is 28.4. The zero-order valence-corrected chi connectivity index (χ0v) is 19.3. The van der Waals surface area contributed by atoms with Crippen molar-refractivity contribution in [2.75, 3.05) is 26.9 Å². The van der Waals surface area contributed by atoms with Crippen molar-refractivity contribution in [3.05, 3.63) is 72.8 Å². The lowest BCUT2D eigenvalue weighted by molar-refractivity contribution is -0.176. The van der Waals surface area contributed by atoms with Crippen molar-refractivity contribution < 1.29 is 18.6 Å². The van der Waals surface area contributed by atoms with E-state index in [1.807, 2.05) is 12.2 Å². The number of hydrogen-bond acceptors (Lipinski definition) is 4. The first kappa shape index (κ1) is 21.5. The maximum Gasteiger partial charge on any atom is 0.261 e. The summed E-state index contributed by atoms with van der Waals surface area (Å²) >= 11 is 0. The molecule has 2 aromatic carbocycles. The lowest BCUT2D eigenvalue weighted by Crippen LogP contribution is -2.67. The summed E-state index contributed by atoms with van der Waals surface area (Å²) in [5.74, 6) is -0.793. The van der Waals surface area contributed by atoms with E-state index in [2.05, 4.69) is 81.4 Å². The van der Waals surface area contributed by atoms with Gasteiger partial charge >= 0.3 is 0 Å². The Balaban J connectivity index is 1.75. The van der Waals surface area contributed by atoms with Gasteiger partial charge in [0.15, 0.2) is 5.79 Å². The SMILES string of the molecule is CO[C@@H]1C=CC2(OCCO2)[C@@H]1CO[Si](c1ccccc1)(c1ccccc1)C(C)(C)C. The fraction of sp³-hybridized carbons (Fsp3) is 0.440. The predicted molar refractivity (Wildman–Crippen MR) is 122 cm³/mol. The van der Waals surface area contributed by atoms with Gasteiger partial charge in [0.05, 0.1) is 25.2 Å². The van der Waals surface area contributed by atoms with Crippen LogP contribution in [0.25, 0.3) is 0 Å². The molecule has 1 heterocycles. The van der Waals surface area contributed by atoms with Crippen LogP contribution in [0.15, 0.2) is 72.8 Å². The summed E-state index contributed by atoms with van der Waals surface area (Å²) in [5.41, 5.74) is 0. The molecule has 0 N–H and O–H groups in total. The van der Waals surface area contributed by atoms with E-state index in [1.165, 1.54) is 10.4 Å². The molecule has 4 rings (SSSR count). The van der Waals surface area contributed by atoms with Crippen molar-refractivity contribution in [2.24, 2.45) is 5.92 Å². The number of ether oxygens (including phenoxy) is 3. The highest BCUT2D eigenvalue weighted by molar-refractivity contribution is 6.99. The molecule has 0 aromatic heterocycles. The van der Waals surface area contributed by atoms with Gasteiger partial charge in [-0.1, -0.05) is 87.5 Å². The molecule has 160 valence electrons. The van der Waals surface area contributed by atoms with Crippen LogP contribution in [0.4, 0.5) is 0 Å². The fourth-order valence-electron chi connectivity index (χ4n) is 4.90. The maximum atomic E-state index is 7.13. The van der Waals surface area contributed by atoms with Crippen LogP contribution in [0.2, 0.25) is 5.04 Å². The summed E-state index contributed by atoms with van der Waals surface area (Å²) in [5, 5.41) is 2.46. The molecular formula is C25H32O4Si. The summed E-state index contributed by atoms with van der Waals surface area (Å²) in [7, 11) is -0.886. The Hall–Kier alpha value is -1.76. The Labute approximate surface area is 180 Å². The fourth-order valence-corrected chi connectivity index (χ4v) is 9.49. The second-order valence-corrected chi connectivity index (χ2v) is 13.4. The number of methoxy groups -OCH3 is 1. The molecule has 1 aliphatic carbocycles. The molecule has 0 amide bonds. The molecule has 2 aliphatic rings. The van der Waals surface area contributed by atoms with Crippen molar-refractivity contribution in [3.63, 3.8) is 0 Å². The van der Waals surface area contributed by atoms with Crippen LogP contribution in [0.5, 0.6) is 0 Å². The van der Waals surface area contributed by atoms with Crippen LogP contribution in [0, 0.1) is 5.92 Å². The molecule has 1 aliphatic heterocycles. The van der Waals surface area contributed by atoms with Gasteiger partial charge in [-0.3, -0.25) is 0 Å². The van der Waals surface area contributed by atoms with Gasteiger partial charge in [-0.05, 0) is 21.5 Å². The topological polar surface area (TPSA) is 36.9 Å². The molecule has 2 aromatic rings. The standard InChI is InChI=1S/C25H32O4Si/c1-24(2,3)30(20-11-7-5-8-12-20,21-13-9-6-10-14-21)29-19-22-23(26-4)15-16-25(22)27-17-18-28-25/h5-16,22-23H,17-19H2,1-4H3/t22-,23-/m1/s1.